The normalized spacial score (nSPS) is 11.9. The van der Waals surface area contributed by atoms with Crippen LogP contribution in [-0.4, -0.2) is 0 Å². The maximum absolute atomic E-state index is 6.74. The minimum atomic E-state index is 0.920. The van der Waals surface area contributed by atoms with Crippen molar-refractivity contribution in [2.24, 2.45) is 0 Å². The van der Waals surface area contributed by atoms with E-state index in [1.807, 2.05) is 0 Å². The van der Waals surface area contributed by atoms with Gasteiger partial charge in [-0.3, -0.25) is 0 Å². The molecule has 1 aromatic heterocycles. The Hall–Kier alpha value is -6.44. The zero-order chi connectivity index (χ0) is 39.3. The van der Waals surface area contributed by atoms with E-state index in [1.54, 1.807) is 0 Å². The van der Waals surface area contributed by atoms with E-state index >= 15 is 0 Å². The molecule has 0 amide bonds. The number of hydrogen-bond donors (Lipinski definition) is 0. The van der Waals surface area contributed by atoms with Crippen LogP contribution < -0.4 is 0 Å². The van der Waals surface area contributed by atoms with E-state index in [1.165, 1.54) is 127 Å². The zero-order valence-corrected chi connectivity index (χ0v) is 34.1. The van der Waals surface area contributed by atoms with E-state index in [0.717, 1.165) is 16.6 Å². The van der Waals surface area contributed by atoms with Gasteiger partial charge in [-0.15, -0.1) is 0 Å². The number of rotatable bonds is 4. The summed E-state index contributed by atoms with van der Waals surface area (Å²) in [7, 11) is 0. The molecule has 0 fully saturated rings. The lowest BCUT2D eigenvalue weighted by Crippen LogP contribution is -2.04. The monoisotopic (exact) mass is 734 g/mol. The van der Waals surface area contributed by atoms with Crippen molar-refractivity contribution in [1.82, 2.24) is 0 Å². The molecule has 0 atom stereocenters. The summed E-state index contributed by atoms with van der Waals surface area (Å²) in [5.74, 6) is 0. The molecule has 0 aliphatic heterocycles. The van der Waals surface area contributed by atoms with Crippen molar-refractivity contribution < 1.29 is 4.42 Å². The Bertz CT molecular complexity index is 3210. The van der Waals surface area contributed by atoms with Gasteiger partial charge in [-0.2, -0.15) is 0 Å². The molecule has 1 heterocycles. The second-order valence-electron chi connectivity index (χ2n) is 16.2. The standard InChI is InChI=1S/C56H46O/c1-31-33(3)37(7)52-50(35(31)5)54(43-26-27-44(39-18-11-9-12-19-39)46(29-43)40-20-13-10-14-21-40)51-36(6)32(2)34(4)38(8)53(51)56(52)45-24-17-25-48-55(45)47-28-41-22-15-16-23-42(41)30-49(47)57-48/h9-30H,1-8H3. The van der Waals surface area contributed by atoms with E-state index in [0.29, 0.717) is 0 Å². The molecule has 10 aromatic rings. The van der Waals surface area contributed by atoms with Gasteiger partial charge in [0.1, 0.15) is 11.2 Å². The molecule has 9 aromatic carbocycles. The van der Waals surface area contributed by atoms with Crippen LogP contribution in [0.2, 0.25) is 0 Å². The lowest BCUT2D eigenvalue weighted by molar-refractivity contribution is 0.669. The van der Waals surface area contributed by atoms with Crippen molar-refractivity contribution in [3.05, 3.63) is 178 Å². The molecule has 1 nitrogen and oxygen atoms in total. The first-order chi connectivity index (χ1) is 27.6. The summed E-state index contributed by atoms with van der Waals surface area (Å²) in [6.45, 7) is 18.6. The lowest BCUT2D eigenvalue weighted by atomic mass is 9.76. The van der Waals surface area contributed by atoms with Crippen LogP contribution in [0.4, 0.5) is 0 Å². The van der Waals surface area contributed by atoms with Gasteiger partial charge in [0.15, 0.2) is 0 Å². The molecule has 0 radical (unpaired) electrons. The highest BCUT2D eigenvalue weighted by Gasteiger charge is 2.28. The molecule has 276 valence electrons. The van der Waals surface area contributed by atoms with Gasteiger partial charge in [0.2, 0.25) is 0 Å². The van der Waals surface area contributed by atoms with Crippen molar-refractivity contribution in [2.75, 3.05) is 0 Å². The average Bonchev–Trinajstić information content (AvgIpc) is 3.62. The zero-order valence-electron chi connectivity index (χ0n) is 34.1. The predicted molar refractivity (Wildman–Crippen MR) is 246 cm³/mol. The van der Waals surface area contributed by atoms with Crippen molar-refractivity contribution in [1.29, 1.82) is 0 Å². The first-order valence-corrected chi connectivity index (χ1v) is 20.2. The van der Waals surface area contributed by atoms with Crippen LogP contribution in [0, 0.1) is 55.4 Å². The smallest absolute Gasteiger partial charge is 0.136 e. The third-order valence-corrected chi connectivity index (χ3v) is 13.5. The fourth-order valence-corrected chi connectivity index (χ4v) is 9.83. The van der Waals surface area contributed by atoms with Crippen molar-refractivity contribution in [2.45, 2.75) is 55.4 Å². The van der Waals surface area contributed by atoms with Crippen molar-refractivity contribution in [3.63, 3.8) is 0 Å². The Morgan fingerprint density at radius 2 is 0.789 bits per heavy atom. The van der Waals surface area contributed by atoms with Crippen LogP contribution >= 0.6 is 0 Å². The van der Waals surface area contributed by atoms with Crippen LogP contribution in [0.15, 0.2) is 138 Å². The second kappa shape index (κ2) is 13.1. The molecule has 0 aliphatic rings. The highest BCUT2D eigenvalue weighted by Crippen LogP contribution is 2.53. The summed E-state index contributed by atoms with van der Waals surface area (Å²) in [6.07, 6.45) is 0. The van der Waals surface area contributed by atoms with Crippen molar-refractivity contribution >= 4 is 54.3 Å². The van der Waals surface area contributed by atoms with Crippen LogP contribution in [0.25, 0.3) is 98.8 Å². The number of benzene rings is 9. The van der Waals surface area contributed by atoms with Crippen LogP contribution in [-0.2, 0) is 0 Å². The van der Waals surface area contributed by atoms with E-state index < -0.39 is 0 Å². The molecule has 1 heteroatoms. The number of aryl methyl sites for hydroxylation is 4. The summed E-state index contributed by atoms with van der Waals surface area (Å²) in [5, 5.41) is 10.1. The summed E-state index contributed by atoms with van der Waals surface area (Å²) < 4.78 is 6.74. The van der Waals surface area contributed by atoms with Crippen LogP contribution in [0.3, 0.4) is 0 Å². The molecule has 0 saturated carbocycles. The van der Waals surface area contributed by atoms with Gasteiger partial charge < -0.3 is 4.42 Å². The van der Waals surface area contributed by atoms with Gasteiger partial charge in [0.05, 0.1) is 0 Å². The first kappa shape index (κ1) is 35.0. The number of furan rings is 1. The summed E-state index contributed by atoms with van der Waals surface area (Å²) in [4.78, 5) is 0. The molecule has 0 bridgehead atoms. The maximum Gasteiger partial charge on any atom is 0.136 e. The van der Waals surface area contributed by atoms with E-state index in [-0.39, 0.29) is 0 Å². The molecule has 0 spiro atoms. The maximum atomic E-state index is 6.74. The minimum Gasteiger partial charge on any atom is -0.456 e. The SMILES string of the molecule is Cc1c(C)c(C)c2c(-c3cccc4oc5cc6ccccc6cc5c34)c3c(C)c(C)c(C)c(C)c3c(-c3ccc(-c4ccccc4)c(-c4ccccc4)c3)c2c1C. The Kier molecular flexibility index (Phi) is 8.03. The van der Waals surface area contributed by atoms with E-state index in [2.05, 4.69) is 189 Å². The third kappa shape index (κ3) is 5.15. The summed E-state index contributed by atoms with van der Waals surface area (Å²) in [5.41, 5.74) is 22.6. The van der Waals surface area contributed by atoms with Gasteiger partial charge in [-0.1, -0.05) is 109 Å². The van der Waals surface area contributed by atoms with Gasteiger partial charge >= 0.3 is 0 Å². The fraction of sp³-hybridized carbons (Fsp3) is 0.143. The average molecular weight is 735 g/mol. The van der Waals surface area contributed by atoms with E-state index in [9.17, 15) is 0 Å². The van der Waals surface area contributed by atoms with E-state index in [4.69, 9.17) is 4.42 Å². The van der Waals surface area contributed by atoms with Crippen LogP contribution in [0.1, 0.15) is 44.5 Å². The second-order valence-corrected chi connectivity index (χ2v) is 16.2. The molecule has 0 aliphatic carbocycles. The molecule has 10 rings (SSSR count). The van der Waals surface area contributed by atoms with Crippen LogP contribution in [0.5, 0.6) is 0 Å². The molecule has 0 unspecified atom stereocenters. The Morgan fingerprint density at radius 1 is 0.298 bits per heavy atom. The largest absolute Gasteiger partial charge is 0.456 e. The van der Waals surface area contributed by atoms with Crippen molar-refractivity contribution in [3.8, 4) is 44.5 Å². The highest BCUT2D eigenvalue weighted by molar-refractivity contribution is 6.29. The molecular formula is C56H46O. The Balaban J connectivity index is 1.43. The fourth-order valence-electron chi connectivity index (χ4n) is 9.83. The Morgan fingerprint density at radius 3 is 1.35 bits per heavy atom. The first-order valence-electron chi connectivity index (χ1n) is 20.2. The number of fused-ring (bicyclic) bond motifs is 6. The van der Waals surface area contributed by atoms with Gasteiger partial charge in [0, 0.05) is 10.8 Å². The van der Waals surface area contributed by atoms with Gasteiger partial charge in [-0.05, 0) is 201 Å². The molecule has 0 saturated heterocycles. The van der Waals surface area contributed by atoms with Gasteiger partial charge in [-0.25, -0.2) is 0 Å². The summed E-state index contributed by atoms with van der Waals surface area (Å²) >= 11 is 0. The topological polar surface area (TPSA) is 13.1 Å². The summed E-state index contributed by atoms with van der Waals surface area (Å²) in [6, 6.07) is 48.8. The minimum absolute atomic E-state index is 0.920. The molecule has 57 heavy (non-hydrogen) atoms. The van der Waals surface area contributed by atoms with Gasteiger partial charge in [0.25, 0.3) is 0 Å². The molecule has 0 N–H and O–H groups in total. The lowest BCUT2D eigenvalue weighted by Gasteiger charge is -2.27. The third-order valence-electron chi connectivity index (χ3n) is 13.5. The highest BCUT2D eigenvalue weighted by atomic mass is 16.3. The Labute approximate surface area is 335 Å². The predicted octanol–water partition coefficient (Wildman–Crippen LogP) is 16.2. The number of hydrogen-bond acceptors (Lipinski definition) is 1. The quantitative estimate of drug-likeness (QED) is 0.164. The molecular weight excluding hydrogens is 689 g/mol.